The average Bonchev–Trinajstić information content (AvgIpc) is 2.79. The van der Waals surface area contributed by atoms with Crippen LogP contribution >= 0.6 is 12.2 Å². The van der Waals surface area contributed by atoms with Gasteiger partial charge in [-0.25, -0.2) is 0 Å². The van der Waals surface area contributed by atoms with Crippen molar-refractivity contribution in [3.05, 3.63) is 26.4 Å². The van der Waals surface area contributed by atoms with Gasteiger partial charge in [-0.3, -0.25) is 9.78 Å². The van der Waals surface area contributed by atoms with Crippen molar-refractivity contribution < 1.29 is 0 Å². The van der Waals surface area contributed by atoms with Gasteiger partial charge < -0.3 is 4.98 Å². The Morgan fingerprint density at radius 3 is 2.67 bits per heavy atom. The number of H-pyrrole nitrogens is 2. The molecular weight excluding hydrogens is 172 g/mol. The van der Waals surface area contributed by atoms with Gasteiger partial charge in [0, 0.05) is 11.3 Å². The first-order valence-electron chi connectivity index (χ1n) is 4.01. The highest BCUT2D eigenvalue weighted by Gasteiger charge is 2.26. The van der Waals surface area contributed by atoms with Crippen LogP contribution in [0.4, 0.5) is 0 Å². The van der Waals surface area contributed by atoms with E-state index in [9.17, 15) is 4.79 Å². The molecule has 4 heteroatoms. The Balaban J connectivity index is 2.66. The van der Waals surface area contributed by atoms with Crippen LogP contribution in [0.5, 0.6) is 0 Å². The van der Waals surface area contributed by atoms with E-state index in [0.717, 1.165) is 11.3 Å². The van der Waals surface area contributed by atoms with E-state index in [-0.39, 0.29) is 5.56 Å². The van der Waals surface area contributed by atoms with Gasteiger partial charge in [0.2, 0.25) is 0 Å². The lowest BCUT2D eigenvalue weighted by Gasteiger charge is -2.01. The standard InChI is InChI=1S/C8H10N2OS/c1-4-6(5-2-3-5)9-8(12)10-7(4)11/h5H,2-3H2,1H3,(H2,9,10,11,12). The smallest absolute Gasteiger partial charge is 0.254 e. The van der Waals surface area contributed by atoms with Gasteiger partial charge in [-0.05, 0) is 37.9 Å². The summed E-state index contributed by atoms with van der Waals surface area (Å²) < 4.78 is 0.438. The monoisotopic (exact) mass is 182 g/mol. The fourth-order valence-electron chi connectivity index (χ4n) is 1.35. The van der Waals surface area contributed by atoms with Gasteiger partial charge in [0.25, 0.3) is 5.56 Å². The first-order chi connectivity index (χ1) is 5.68. The molecule has 0 amide bonds. The first kappa shape index (κ1) is 7.73. The lowest BCUT2D eigenvalue weighted by atomic mass is 10.2. The second-order valence-corrected chi connectivity index (χ2v) is 3.63. The molecule has 1 aromatic rings. The minimum Gasteiger partial charge on any atom is -0.335 e. The highest BCUT2D eigenvalue weighted by atomic mass is 32.1. The van der Waals surface area contributed by atoms with Crippen LogP contribution < -0.4 is 5.56 Å². The fourth-order valence-corrected chi connectivity index (χ4v) is 1.55. The van der Waals surface area contributed by atoms with E-state index in [1.54, 1.807) is 0 Å². The summed E-state index contributed by atoms with van der Waals surface area (Å²) in [7, 11) is 0. The molecule has 0 bridgehead atoms. The predicted molar refractivity (Wildman–Crippen MR) is 49.0 cm³/mol. The van der Waals surface area contributed by atoms with Crippen molar-refractivity contribution in [1.29, 1.82) is 0 Å². The molecule has 0 unspecified atom stereocenters. The molecule has 1 heterocycles. The van der Waals surface area contributed by atoms with E-state index in [0.29, 0.717) is 10.7 Å². The number of hydrogen-bond acceptors (Lipinski definition) is 2. The van der Waals surface area contributed by atoms with Crippen LogP contribution in [-0.2, 0) is 0 Å². The molecule has 1 fully saturated rings. The zero-order valence-electron chi connectivity index (χ0n) is 6.81. The molecular formula is C8H10N2OS. The summed E-state index contributed by atoms with van der Waals surface area (Å²) in [6.45, 7) is 1.83. The molecule has 1 aliphatic rings. The van der Waals surface area contributed by atoms with Crippen LogP contribution in [0.3, 0.4) is 0 Å². The highest BCUT2D eigenvalue weighted by molar-refractivity contribution is 7.71. The van der Waals surface area contributed by atoms with E-state index in [4.69, 9.17) is 12.2 Å². The Morgan fingerprint density at radius 2 is 2.08 bits per heavy atom. The van der Waals surface area contributed by atoms with Gasteiger partial charge in [-0.1, -0.05) is 0 Å². The van der Waals surface area contributed by atoms with Crippen molar-refractivity contribution in [1.82, 2.24) is 9.97 Å². The zero-order valence-corrected chi connectivity index (χ0v) is 7.62. The van der Waals surface area contributed by atoms with Crippen molar-refractivity contribution in [3.63, 3.8) is 0 Å². The number of rotatable bonds is 1. The van der Waals surface area contributed by atoms with Crippen LogP contribution in [0, 0.1) is 11.7 Å². The van der Waals surface area contributed by atoms with Crippen molar-refractivity contribution in [3.8, 4) is 0 Å². The highest BCUT2D eigenvalue weighted by Crippen LogP contribution is 2.39. The Hall–Kier alpha value is -0.900. The van der Waals surface area contributed by atoms with Crippen LogP contribution in [0.25, 0.3) is 0 Å². The lowest BCUT2D eigenvalue weighted by molar-refractivity contribution is 0.924. The molecule has 0 radical (unpaired) electrons. The molecule has 1 saturated carbocycles. The summed E-state index contributed by atoms with van der Waals surface area (Å²) in [6, 6.07) is 0. The van der Waals surface area contributed by atoms with Gasteiger partial charge in [0.15, 0.2) is 4.77 Å². The average molecular weight is 182 g/mol. The van der Waals surface area contributed by atoms with Crippen LogP contribution in [0.15, 0.2) is 4.79 Å². The molecule has 1 aliphatic carbocycles. The molecule has 12 heavy (non-hydrogen) atoms. The second kappa shape index (κ2) is 2.55. The van der Waals surface area contributed by atoms with Crippen molar-refractivity contribution in [2.75, 3.05) is 0 Å². The van der Waals surface area contributed by atoms with Gasteiger partial charge in [0.05, 0.1) is 0 Å². The summed E-state index contributed by atoms with van der Waals surface area (Å²) >= 11 is 4.88. The molecule has 2 rings (SSSR count). The molecule has 0 aromatic carbocycles. The van der Waals surface area contributed by atoms with Gasteiger partial charge in [-0.2, -0.15) is 0 Å². The molecule has 1 aromatic heterocycles. The first-order valence-corrected chi connectivity index (χ1v) is 4.42. The summed E-state index contributed by atoms with van der Waals surface area (Å²) in [4.78, 5) is 16.9. The Bertz CT molecular complexity index is 414. The molecule has 0 saturated heterocycles. The summed E-state index contributed by atoms with van der Waals surface area (Å²) in [5.41, 5.74) is 1.76. The van der Waals surface area contributed by atoms with Crippen LogP contribution in [0.1, 0.15) is 30.0 Å². The Kier molecular flexibility index (Phi) is 1.65. The molecule has 0 aliphatic heterocycles. The third-order valence-corrected chi connectivity index (χ3v) is 2.41. The third-order valence-electron chi connectivity index (χ3n) is 2.21. The van der Waals surface area contributed by atoms with E-state index >= 15 is 0 Å². The lowest BCUT2D eigenvalue weighted by Crippen LogP contribution is -2.14. The van der Waals surface area contributed by atoms with Gasteiger partial charge >= 0.3 is 0 Å². The summed E-state index contributed by atoms with van der Waals surface area (Å²) in [6.07, 6.45) is 2.35. The van der Waals surface area contributed by atoms with Gasteiger partial charge in [-0.15, -0.1) is 0 Å². The van der Waals surface area contributed by atoms with Crippen LogP contribution in [-0.4, -0.2) is 9.97 Å². The molecule has 2 N–H and O–H groups in total. The normalized spacial score (nSPS) is 16.4. The fraction of sp³-hybridized carbons (Fsp3) is 0.500. The summed E-state index contributed by atoms with van der Waals surface area (Å²) in [5.74, 6) is 0.550. The maximum atomic E-state index is 11.3. The number of hydrogen-bond donors (Lipinski definition) is 2. The van der Waals surface area contributed by atoms with E-state index in [1.165, 1.54) is 12.8 Å². The van der Waals surface area contributed by atoms with Crippen molar-refractivity contribution >= 4 is 12.2 Å². The topological polar surface area (TPSA) is 48.6 Å². The molecule has 3 nitrogen and oxygen atoms in total. The van der Waals surface area contributed by atoms with E-state index < -0.39 is 0 Å². The Morgan fingerprint density at radius 1 is 1.42 bits per heavy atom. The van der Waals surface area contributed by atoms with Crippen molar-refractivity contribution in [2.24, 2.45) is 0 Å². The van der Waals surface area contributed by atoms with E-state index in [1.807, 2.05) is 6.92 Å². The van der Waals surface area contributed by atoms with E-state index in [2.05, 4.69) is 9.97 Å². The minimum absolute atomic E-state index is 0.0550. The molecule has 64 valence electrons. The molecule has 0 spiro atoms. The van der Waals surface area contributed by atoms with Crippen LogP contribution in [0.2, 0.25) is 0 Å². The zero-order chi connectivity index (χ0) is 8.72. The van der Waals surface area contributed by atoms with Crippen molar-refractivity contribution in [2.45, 2.75) is 25.7 Å². The number of aromatic amines is 2. The van der Waals surface area contributed by atoms with Gasteiger partial charge in [0.1, 0.15) is 0 Å². The maximum Gasteiger partial charge on any atom is 0.254 e. The molecule has 0 atom stereocenters. The third kappa shape index (κ3) is 1.22. The quantitative estimate of drug-likeness (QED) is 0.648. The Labute approximate surface area is 74.8 Å². The number of nitrogens with one attached hydrogen (secondary N) is 2. The number of aromatic nitrogens is 2. The largest absolute Gasteiger partial charge is 0.335 e. The predicted octanol–water partition coefficient (Wildman–Crippen LogP) is 1.62. The second-order valence-electron chi connectivity index (χ2n) is 3.22. The SMILES string of the molecule is Cc1c(C2CC2)[nH]c(=S)[nH]c1=O. The maximum absolute atomic E-state index is 11.3. The summed E-state index contributed by atoms with van der Waals surface area (Å²) in [5, 5.41) is 0. The minimum atomic E-state index is -0.0550.